The predicted molar refractivity (Wildman–Crippen MR) is 129 cm³/mol. The normalized spacial score (nSPS) is 16.8. The molecule has 12 heteroatoms. The number of hydrogen-bond donors (Lipinski definition) is 4. The maximum absolute atomic E-state index is 13.2. The average Bonchev–Trinajstić information content (AvgIpc) is 3.29. The van der Waals surface area contributed by atoms with Crippen LogP contribution in [-0.2, 0) is 37.1 Å². The third-order valence-electron chi connectivity index (χ3n) is 5.43. The second-order valence-electron chi connectivity index (χ2n) is 8.76. The highest BCUT2D eigenvalue weighted by Crippen LogP contribution is 2.21. The number of rotatable bonds is 9. The minimum atomic E-state index is -2.61. The maximum atomic E-state index is 13.2. The van der Waals surface area contributed by atoms with E-state index in [0.717, 1.165) is 5.56 Å². The lowest BCUT2D eigenvalue weighted by Gasteiger charge is -2.31. The van der Waals surface area contributed by atoms with Crippen LogP contribution >= 0.6 is 0 Å². The van der Waals surface area contributed by atoms with Gasteiger partial charge in [-0.2, -0.15) is 4.21 Å². The molecule has 196 valence electrons. The summed E-state index contributed by atoms with van der Waals surface area (Å²) in [5.41, 5.74) is 0.844. The first-order valence-corrected chi connectivity index (χ1v) is 12.4. The Morgan fingerprint density at radius 2 is 1.71 bits per heavy atom. The standard InChI is InChI=1S/C23H33N3O5.H2O3S/c1-15(2)18(13-27)24-21(28)19-11-8-12-26(19)22(29)20(16(3)4)25-23(30)31-14-17-9-6-5-7-10-17;1-4(2)3/h5-7,9-10,13,15-16,18-20H,8,11-12,14H2,1-4H3,(H,24,28)(H,25,30);(H2,1,2,3)/t18-,19+,20+;/m1./s1. The molecule has 1 fully saturated rings. The van der Waals surface area contributed by atoms with Crippen LogP contribution in [0.3, 0.4) is 0 Å². The van der Waals surface area contributed by atoms with E-state index in [2.05, 4.69) is 10.6 Å². The third kappa shape index (κ3) is 10.5. The van der Waals surface area contributed by atoms with Gasteiger partial charge in [0.1, 0.15) is 25.0 Å². The molecule has 1 aliphatic heterocycles. The fourth-order valence-electron chi connectivity index (χ4n) is 3.51. The van der Waals surface area contributed by atoms with Crippen LogP contribution in [0, 0.1) is 11.8 Å². The first-order valence-electron chi connectivity index (χ1n) is 11.3. The molecule has 0 aliphatic carbocycles. The predicted octanol–water partition coefficient (Wildman–Crippen LogP) is 1.95. The van der Waals surface area contributed by atoms with Crippen LogP contribution in [0.1, 0.15) is 46.1 Å². The molecular formula is C23H35N3O8S. The molecule has 0 spiro atoms. The van der Waals surface area contributed by atoms with Gasteiger partial charge >= 0.3 is 6.09 Å². The minimum absolute atomic E-state index is 0.0449. The molecule has 0 saturated carbocycles. The molecule has 1 aromatic rings. The lowest BCUT2D eigenvalue weighted by Crippen LogP contribution is -2.56. The van der Waals surface area contributed by atoms with Crippen molar-refractivity contribution in [1.29, 1.82) is 0 Å². The lowest BCUT2D eigenvalue weighted by atomic mass is 10.0. The molecule has 3 atom stereocenters. The quantitative estimate of drug-likeness (QED) is 0.288. The van der Waals surface area contributed by atoms with Crippen molar-refractivity contribution in [2.45, 2.75) is 65.3 Å². The van der Waals surface area contributed by atoms with Crippen molar-refractivity contribution < 1.29 is 37.2 Å². The fourth-order valence-corrected chi connectivity index (χ4v) is 3.51. The topological polar surface area (TPSA) is 162 Å². The summed E-state index contributed by atoms with van der Waals surface area (Å²) >= 11 is -2.61. The van der Waals surface area contributed by atoms with E-state index in [4.69, 9.17) is 18.1 Å². The van der Waals surface area contributed by atoms with E-state index in [9.17, 15) is 19.2 Å². The molecule has 1 aromatic carbocycles. The van der Waals surface area contributed by atoms with E-state index in [0.29, 0.717) is 25.7 Å². The number of alkyl carbamates (subject to hydrolysis) is 1. The highest BCUT2D eigenvalue weighted by atomic mass is 32.2. The zero-order chi connectivity index (χ0) is 26.5. The van der Waals surface area contributed by atoms with Crippen molar-refractivity contribution in [3.8, 4) is 0 Å². The summed E-state index contributed by atoms with van der Waals surface area (Å²) < 4.78 is 28.1. The molecule has 0 radical (unpaired) electrons. The number of aldehydes is 1. The Morgan fingerprint density at radius 3 is 2.23 bits per heavy atom. The minimum Gasteiger partial charge on any atom is -0.445 e. The zero-order valence-electron chi connectivity index (χ0n) is 20.4. The van der Waals surface area contributed by atoms with Gasteiger partial charge < -0.3 is 25.1 Å². The summed E-state index contributed by atoms with van der Waals surface area (Å²) in [7, 11) is 0. The number of ether oxygens (including phenoxy) is 1. The van der Waals surface area contributed by atoms with Gasteiger partial charge in [-0.1, -0.05) is 58.0 Å². The number of amides is 3. The maximum Gasteiger partial charge on any atom is 0.408 e. The molecule has 0 aromatic heterocycles. The van der Waals surface area contributed by atoms with Crippen molar-refractivity contribution in [3.63, 3.8) is 0 Å². The Balaban J connectivity index is 0.00000142. The van der Waals surface area contributed by atoms with Crippen molar-refractivity contribution in [2.24, 2.45) is 11.8 Å². The zero-order valence-corrected chi connectivity index (χ0v) is 21.2. The smallest absolute Gasteiger partial charge is 0.408 e. The first-order chi connectivity index (χ1) is 16.5. The van der Waals surface area contributed by atoms with Crippen LogP contribution in [0.2, 0.25) is 0 Å². The monoisotopic (exact) mass is 513 g/mol. The Kier molecular flexibility index (Phi) is 13.1. The van der Waals surface area contributed by atoms with Gasteiger partial charge in [0.15, 0.2) is 0 Å². The number of likely N-dealkylation sites (tertiary alicyclic amines) is 1. The molecule has 1 saturated heterocycles. The van der Waals surface area contributed by atoms with Crippen LogP contribution in [0.5, 0.6) is 0 Å². The van der Waals surface area contributed by atoms with E-state index in [1.165, 1.54) is 4.90 Å². The van der Waals surface area contributed by atoms with Crippen LogP contribution in [0.15, 0.2) is 30.3 Å². The summed E-state index contributed by atoms with van der Waals surface area (Å²) in [4.78, 5) is 51.0. The second-order valence-corrected chi connectivity index (χ2v) is 9.22. The Morgan fingerprint density at radius 1 is 1.11 bits per heavy atom. The number of carbonyl (C=O) groups excluding carboxylic acids is 4. The van der Waals surface area contributed by atoms with Crippen LogP contribution < -0.4 is 10.6 Å². The van der Waals surface area contributed by atoms with E-state index in [1.807, 2.05) is 58.0 Å². The van der Waals surface area contributed by atoms with Gasteiger partial charge in [-0.3, -0.25) is 18.7 Å². The summed E-state index contributed by atoms with van der Waals surface area (Å²) in [6, 6.07) is 7.19. The van der Waals surface area contributed by atoms with Gasteiger partial charge in [0.25, 0.3) is 11.4 Å². The second kappa shape index (κ2) is 15.2. The van der Waals surface area contributed by atoms with Crippen molar-refractivity contribution >= 4 is 35.6 Å². The number of carbonyl (C=O) groups is 4. The van der Waals surface area contributed by atoms with Gasteiger partial charge in [-0.05, 0) is 30.2 Å². The molecule has 3 amide bonds. The van der Waals surface area contributed by atoms with Crippen LogP contribution in [0.4, 0.5) is 4.79 Å². The highest BCUT2D eigenvalue weighted by Gasteiger charge is 2.39. The third-order valence-corrected chi connectivity index (χ3v) is 5.43. The summed E-state index contributed by atoms with van der Waals surface area (Å²) in [5, 5.41) is 5.38. The van der Waals surface area contributed by atoms with Gasteiger partial charge in [-0.15, -0.1) is 0 Å². The summed E-state index contributed by atoms with van der Waals surface area (Å²) in [6.45, 7) is 7.86. The number of benzene rings is 1. The van der Waals surface area contributed by atoms with Crippen molar-refractivity contribution in [2.75, 3.05) is 6.54 Å². The van der Waals surface area contributed by atoms with Gasteiger partial charge in [0.05, 0.1) is 6.04 Å². The molecule has 1 aliphatic rings. The average molecular weight is 514 g/mol. The Labute approximate surface area is 208 Å². The number of nitrogens with one attached hydrogen (secondary N) is 2. The van der Waals surface area contributed by atoms with Gasteiger partial charge in [0, 0.05) is 6.54 Å². The van der Waals surface area contributed by atoms with Gasteiger partial charge in [0.2, 0.25) is 11.8 Å². The van der Waals surface area contributed by atoms with E-state index >= 15 is 0 Å². The van der Waals surface area contributed by atoms with Crippen LogP contribution in [-0.4, -0.2) is 67.1 Å². The van der Waals surface area contributed by atoms with E-state index < -0.39 is 35.6 Å². The fraction of sp³-hybridized carbons (Fsp3) is 0.565. The largest absolute Gasteiger partial charge is 0.445 e. The lowest BCUT2D eigenvalue weighted by molar-refractivity contribution is -0.141. The van der Waals surface area contributed by atoms with Crippen molar-refractivity contribution in [1.82, 2.24) is 15.5 Å². The van der Waals surface area contributed by atoms with Crippen LogP contribution in [0.25, 0.3) is 0 Å². The molecule has 1 heterocycles. The van der Waals surface area contributed by atoms with Crippen molar-refractivity contribution in [3.05, 3.63) is 35.9 Å². The Hall–Kier alpha value is -2.83. The first kappa shape index (κ1) is 30.2. The summed E-state index contributed by atoms with van der Waals surface area (Å²) in [5.74, 6) is -0.904. The van der Waals surface area contributed by atoms with E-state index in [-0.39, 0.29) is 30.3 Å². The molecule has 4 N–H and O–H groups in total. The summed E-state index contributed by atoms with van der Waals surface area (Å²) in [6.07, 6.45) is 1.23. The van der Waals surface area contributed by atoms with Gasteiger partial charge in [-0.25, -0.2) is 4.79 Å². The SMILES string of the molecule is CC(C)[C@H](NC(=O)OCc1ccccc1)C(=O)N1CCC[C@H]1C(=O)N[C@H](C=O)C(C)C.O=S(O)O. The number of hydrogen-bond acceptors (Lipinski definition) is 6. The molecular weight excluding hydrogens is 478 g/mol. The Bertz CT molecular complexity index is 862. The molecule has 2 rings (SSSR count). The highest BCUT2D eigenvalue weighted by molar-refractivity contribution is 7.73. The molecule has 0 bridgehead atoms. The molecule has 35 heavy (non-hydrogen) atoms. The van der Waals surface area contributed by atoms with E-state index in [1.54, 1.807) is 0 Å². The molecule has 0 unspecified atom stereocenters. The number of nitrogens with zero attached hydrogens (tertiary/aromatic N) is 1. The molecule has 11 nitrogen and oxygen atoms in total.